The van der Waals surface area contributed by atoms with Gasteiger partial charge in [-0.2, -0.15) is 0 Å². The van der Waals surface area contributed by atoms with Crippen LogP contribution in [0.1, 0.15) is 15.9 Å². The number of ether oxygens (including phenoxy) is 1. The molecule has 0 fully saturated rings. The molecule has 0 heterocycles. The van der Waals surface area contributed by atoms with Crippen LogP contribution in [-0.4, -0.2) is 19.1 Å². The summed E-state index contributed by atoms with van der Waals surface area (Å²) < 4.78 is 4.80. The van der Waals surface area contributed by atoms with Gasteiger partial charge in [-0.15, -0.1) is 0 Å². The standard InChI is InChI=1S/C22H20N2O3/c1-27-21(25)19-14-8-9-15-20(19)23-22(26)24(18-12-6-3-7-13-18)16-17-10-4-2-5-11-17/h2-15H,16H2,1H3,(H,23,26). The van der Waals surface area contributed by atoms with E-state index in [2.05, 4.69) is 5.32 Å². The molecule has 3 aromatic carbocycles. The number of methoxy groups -OCH3 is 1. The van der Waals surface area contributed by atoms with Crippen molar-refractivity contribution in [3.8, 4) is 0 Å². The Bertz CT molecular complexity index is 911. The zero-order chi connectivity index (χ0) is 19.1. The van der Waals surface area contributed by atoms with E-state index in [0.29, 0.717) is 17.8 Å². The van der Waals surface area contributed by atoms with Crippen LogP contribution < -0.4 is 10.2 Å². The fourth-order valence-electron chi connectivity index (χ4n) is 2.72. The summed E-state index contributed by atoms with van der Waals surface area (Å²) in [4.78, 5) is 26.6. The first-order chi connectivity index (χ1) is 13.2. The predicted octanol–water partition coefficient (Wildman–Crippen LogP) is 4.71. The fourth-order valence-corrected chi connectivity index (χ4v) is 2.72. The molecule has 0 atom stereocenters. The Morgan fingerprint density at radius 2 is 1.44 bits per heavy atom. The third-order valence-electron chi connectivity index (χ3n) is 4.07. The molecule has 0 saturated carbocycles. The lowest BCUT2D eigenvalue weighted by atomic mass is 10.1. The summed E-state index contributed by atoms with van der Waals surface area (Å²) >= 11 is 0. The third-order valence-corrected chi connectivity index (χ3v) is 4.07. The Morgan fingerprint density at radius 3 is 2.11 bits per heavy atom. The molecule has 1 N–H and O–H groups in total. The number of nitrogens with one attached hydrogen (secondary N) is 1. The Kier molecular flexibility index (Phi) is 5.84. The molecular weight excluding hydrogens is 340 g/mol. The second-order valence-electron chi connectivity index (χ2n) is 5.87. The highest BCUT2D eigenvalue weighted by Gasteiger charge is 2.19. The van der Waals surface area contributed by atoms with Crippen LogP contribution in [0.4, 0.5) is 16.2 Å². The van der Waals surface area contributed by atoms with Crippen molar-refractivity contribution in [2.75, 3.05) is 17.3 Å². The van der Waals surface area contributed by atoms with Crippen LogP contribution in [0.15, 0.2) is 84.9 Å². The van der Waals surface area contributed by atoms with E-state index in [1.54, 1.807) is 29.2 Å². The minimum absolute atomic E-state index is 0.307. The quantitative estimate of drug-likeness (QED) is 0.670. The molecule has 0 bridgehead atoms. The number of benzene rings is 3. The van der Waals surface area contributed by atoms with Crippen LogP contribution in [0.3, 0.4) is 0 Å². The average Bonchev–Trinajstić information content (AvgIpc) is 2.73. The molecule has 3 rings (SSSR count). The first-order valence-electron chi connectivity index (χ1n) is 8.54. The van der Waals surface area contributed by atoms with Crippen LogP contribution in [0.5, 0.6) is 0 Å². The van der Waals surface area contributed by atoms with E-state index < -0.39 is 5.97 Å². The highest BCUT2D eigenvalue weighted by Crippen LogP contribution is 2.21. The lowest BCUT2D eigenvalue weighted by molar-refractivity contribution is 0.0602. The van der Waals surface area contributed by atoms with Gasteiger partial charge in [-0.05, 0) is 29.8 Å². The fraction of sp³-hybridized carbons (Fsp3) is 0.0909. The van der Waals surface area contributed by atoms with Gasteiger partial charge in [0.05, 0.1) is 24.9 Å². The van der Waals surface area contributed by atoms with Crippen molar-refractivity contribution >= 4 is 23.4 Å². The molecule has 0 aliphatic carbocycles. The van der Waals surface area contributed by atoms with Crippen molar-refractivity contribution in [1.82, 2.24) is 0 Å². The Morgan fingerprint density at radius 1 is 0.852 bits per heavy atom. The molecule has 0 saturated heterocycles. The highest BCUT2D eigenvalue weighted by atomic mass is 16.5. The molecule has 0 aromatic heterocycles. The van der Waals surface area contributed by atoms with Crippen LogP contribution in [0, 0.1) is 0 Å². The molecule has 136 valence electrons. The molecular formula is C22H20N2O3. The molecule has 3 aromatic rings. The first-order valence-corrected chi connectivity index (χ1v) is 8.54. The minimum atomic E-state index is -0.500. The number of carbonyl (C=O) groups excluding carboxylic acids is 2. The molecule has 0 unspecified atom stereocenters. The van der Waals surface area contributed by atoms with Crippen LogP contribution in [0.2, 0.25) is 0 Å². The Hall–Kier alpha value is -3.60. The van der Waals surface area contributed by atoms with E-state index in [1.807, 2.05) is 60.7 Å². The Labute approximate surface area is 158 Å². The van der Waals surface area contributed by atoms with Gasteiger partial charge in [0.2, 0.25) is 0 Å². The van der Waals surface area contributed by atoms with Crippen LogP contribution in [-0.2, 0) is 11.3 Å². The number of urea groups is 1. The van der Waals surface area contributed by atoms with Crippen molar-refractivity contribution in [3.05, 3.63) is 96.1 Å². The maximum Gasteiger partial charge on any atom is 0.339 e. The van der Waals surface area contributed by atoms with Gasteiger partial charge < -0.3 is 10.1 Å². The van der Waals surface area contributed by atoms with Crippen LogP contribution in [0.25, 0.3) is 0 Å². The van der Waals surface area contributed by atoms with E-state index >= 15 is 0 Å². The maximum atomic E-state index is 13.0. The second kappa shape index (κ2) is 8.67. The highest BCUT2D eigenvalue weighted by molar-refractivity contribution is 6.06. The third kappa shape index (κ3) is 4.52. The molecule has 5 nitrogen and oxygen atoms in total. The lowest BCUT2D eigenvalue weighted by Crippen LogP contribution is -2.35. The second-order valence-corrected chi connectivity index (χ2v) is 5.87. The van der Waals surface area contributed by atoms with Crippen LogP contribution >= 0.6 is 0 Å². The van der Waals surface area contributed by atoms with Gasteiger partial charge in [-0.1, -0.05) is 60.7 Å². The van der Waals surface area contributed by atoms with E-state index in [1.165, 1.54) is 7.11 Å². The van der Waals surface area contributed by atoms with Crippen molar-refractivity contribution in [3.63, 3.8) is 0 Å². The smallest absolute Gasteiger partial charge is 0.339 e. The van der Waals surface area contributed by atoms with Gasteiger partial charge in [0.25, 0.3) is 0 Å². The van der Waals surface area contributed by atoms with E-state index in [4.69, 9.17) is 4.74 Å². The summed E-state index contributed by atoms with van der Waals surface area (Å²) in [5.41, 5.74) is 2.47. The lowest BCUT2D eigenvalue weighted by Gasteiger charge is -2.24. The normalized spacial score (nSPS) is 10.1. The summed E-state index contributed by atoms with van der Waals surface area (Å²) in [6.07, 6.45) is 0. The number of hydrogen-bond donors (Lipinski definition) is 1. The summed E-state index contributed by atoms with van der Waals surface area (Å²) in [7, 11) is 1.31. The summed E-state index contributed by atoms with van der Waals surface area (Å²) in [6.45, 7) is 0.400. The van der Waals surface area contributed by atoms with Crippen molar-refractivity contribution < 1.29 is 14.3 Å². The summed E-state index contributed by atoms with van der Waals surface area (Å²) in [6, 6.07) is 25.6. The summed E-state index contributed by atoms with van der Waals surface area (Å²) in [5, 5.41) is 2.83. The first kappa shape index (κ1) is 18.2. The van der Waals surface area contributed by atoms with Gasteiger partial charge in [0, 0.05) is 5.69 Å². The zero-order valence-corrected chi connectivity index (χ0v) is 15.0. The number of nitrogens with zero attached hydrogens (tertiary/aromatic N) is 1. The molecule has 2 amide bonds. The van der Waals surface area contributed by atoms with Gasteiger partial charge in [-0.25, -0.2) is 9.59 Å². The Balaban J connectivity index is 1.89. The van der Waals surface area contributed by atoms with Crippen molar-refractivity contribution in [1.29, 1.82) is 0 Å². The number of anilines is 2. The largest absolute Gasteiger partial charge is 0.465 e. The zero-order valence-electron chi connectivity index (χ0n) is 15.0. The average molecular weight is 360 g/mol. The van der Waals surface area contributed by atoms with Gasteiger partial charge in [0.15, 0.2) is 0 Å². The van der Waals surface area contributed by atoms with E-state index in [-0.39, 0.29) is 6.03 Å². The maximum absolute atomic E-state index is 13.0. The number of rotatable bonds is 5. The SMILES string of the molecule is COC(=O)c1ccccc1NC(=O)N(Cc1ccccc1)c1ccccc1. The minimum Gasteiger partial charge on any atom is -0.465 e. The number of esters is 1. The van der Waals surface area contributed by atoms with E-state index in [0.717, 1.165) is 11.3 Å². The van der Waals surface area contributed by atoms with Crippen molar-refractivity contribution in [2.24, 2.45) is 0 Å². The molecule has 0 spiro atoms. The monoisotopic (exact) mass is 360 g/mol. The van der Waals surface area contributed by atoms with Gasteiger partial charge in [0.1, 0.15) is 0 Å². The molecule has 0 aliphatic heterocycles. The summed E-state index contributed by atoms with van der Waals surface area (Å²) in [5.74, 6) is -0.500. The van der Waals surface area contributed by atoms with Gasteiger partial charge in [-0.3, -0.25) is 4.90 Å². The topological polar surface area (TPSA) is 58.6 Å². The van der Waals surface area contributed by atoms with Crippen molar-refractivity contribution in [2.45, 2.75) is 6.54 Å². The number of carbonyl (C=O) groups is 2. The molecule has 5 heteroatoms. The predicted molar refractivity (Wildman–Crippen MR) is 106 cm³/mol. The number of hydrogen-bond acceptors (Lipinski definition) is 3. The molecule has 0 radical (unpaired) electrons. The number of para-hydroxylation sites is 2. The van der Waals surface area contributed by atoms with E-state index in [9.17, 15) is 9.59 Å². The van der Waals surface area contributed by atoms with Gasteiger partial charge >= 0.3 is 12.0 Å². The number of amides is 2. The molecule has 0 aliphatic rings. The molecule has 27 heavy (non-hydrogen) atoms.